The smallest absolute Gasteiger partial charge is 0.372 e. The monoisotopic (exact) mass is 296 g/mol. The van der Waals surface area contributed by atoms with Crippen molar-refractivity contribution < 1.29 is 32.1 Å². The van der Waals surface area contributed by atoms with Crippen molar-refractivity contribution in [2.45, 2.75) is 23.2 Å². The van der Waals surface area contributed by atoms with Gasteiger partial charge >= 0.3 is 5.25 Å². The molecule has 1 rings (SSSR count). The predicted molar refractivity (Wildman–Crippen MR) is 62.8 cm³/mol. The molecule has 0 heterocycles. The molecule has 108 valence electrons. The molecule has 0 aliphatic rings. The van der Waals surface area contributed by atoms with E-state index in [0.717, 1.165) is 12.1 Å². The summed E-state index contributed by atoms with van der Waals surface area (Å²) in [5.74, 6) is 0.0377. The Bertz CT molecular complexity index is 528. The molecule has 2 N–H and O–H groups in total. The minimum atomic E-state index is -4.98. The van der Waals surface area contributed by atoms with Gasteiger partial charge in [0.05, 0.1) is 11.0 Å². The van der Waals surface area contributed by atoms with E-state index in [-0.39, 0.29) is 12.4 Å². The zero-order valence-corrected chi connectivity index (χ0v) is 10.9. The third kappa shape index (κ3) is 3.62. The Morgan fingerprint density at radius 1 is 1.42 bits per heavy atom. The van der Waals surface area contributed by atoms with Gasteiger partial charge in [-0.2, -0.15) is 8.78 Å². The fraction of sp³-hybridized carbons (Fsp3) is 0.455. The minimum Gasteiger partial charge on any atom is -0.491 e. The molecule has 1 aromatic rings. The van der Waals surface area contributed by atoms with Gasteiger partial charge in [-0.25, -0.2) is 8.42 Å². The van der Waals surface area contributed by atoms with E-state index in [4.69, 9.17) is 14.9 Å². The average molecular weight is 296 g/mol. The lowest BCUT2D eigenvalue weighted by atomic mass is 10.3. The first-order valence-electron chi connectivity index (χ1n) is 5.35. The van der Waals surface area contributed by atoms with Crippen molar-refractivity contribution in [2.24, 2.45) is 0 Å². The molecular weight excluding hydrogens is 282 g/mol. The first-order chi connectivity index (χ1) is 8.70. The molecule has 8 heteroatoms. The van der Waals surface area contributed by atoms with Crippen LogP contribution in [0.25, 0.3) is 0 Å². The van der Waals surface area contributed by atoms with Crippen LogP contribution in [0.4, 0.5) is 8.78 Å². The van der Waals surface area contributed by atoms with E-state index in [0.29, 0.717) is 0 Å². The third-order valence-electron chi connectivity index (χ3n) is 2.18. The summed E-state index contributed by atoms with van der Waals surface area (Å²) in [6, 6.07) is 4.51. The standard InChI is InChI=1S/C11H14F2O5S/c1-8(15)6-18-9-3-2-4-10(5-9)19(16,17)11(12,13)7-14/h2-5,8,14-15H,6-7H2,1H3. The van der Waals surface area contributed by atoms with Gasteiger partial charge in [0.25, 0.3) is 0 Å². The summed E-state index contributed by atoms with van der Waals surface area (Å²) >= 11 is 0. The number of alkyl halides is 2. The maximum absolute atomic E-state index is 13.1. The van der Waals surface area contributed by atoms with Crippen LogP contribution in [0.3, 0.4) is 0 Å². The molecule has 0 aliphatic heterocycles. The Kier molecular flexibility index (Phi) is 4.83. The van der Waals surface area contributed by atoms with Crippen molar-refractivity contribution in [3.63, 3.8) is 0 Å². The van der Waals surface area contributed by atoms with Gasteiger partial charge in [-0.05, 0) is 25.1 Å². The number of sulfone groups is 1. The number of benzene rings is 1. The molecule has 0 aromatic heterocycles. The van der Waals surface area contributed by atoms with Gasteiger partial charge in [-0.3, -0.25) is 0 Å². The highest BCUT2D eigenvalue weighted by molar-refractivity contribution is 7.92. The van der Waals surface area contributed by atoms with E-state index < -0.39 is 32.7 Å². The van der Waals surface area contributed by atoms with Crippen LogP contribution in [0.15, 0.2) is 29.2 Å². The molecular formula is C11H14F2O5S. The lowest BCUT2D eigenvalue weighted by Crippen LogP contribution is -2.32. The molecule has 0 saturated carbocycles. The van der Waals surface area contributed by atoms with Gasteiger partial charge in [0.2, 0.25) is 9.84 Å². The van der Waals surface area contributed by atoms with Crippen molar-refractivity contribution in [2.75, 3.05) is 13.2 Å². The molecule has 1 atom stereocenters. The van der Waals surface area contributed by atoms with Gasteiger partial charge in [0, 0.05) is 0 Å². The van der Waals surface area contributed by atoms with E-state index in [2.05, 4.69) is 0 Å². The number of hydrogen-bond donors (Lipinski definition) is 2. The fourth-order valence-electron chi connectivity index (χ4n) is 1.21. The lowest BCUT2D eigenvalue weighted by Gasteiger charge is -2.15. The highest BCUT2D eigenvalue weighted by atomic mass is 32.2. The van der Waals surface area contributed by atoms with Crippen LogP contribution in [0, 0.1) is 0 Å². The van der Waals surface area contributed by atoms with E-state index in [1.807, 2.05) is 0 Å². The van der Waals surface area contributed by atoms with Crippen LogP contribution in [0.2, 0.25) is 0 Å². The lowest BCUT2D eigenvalue weighted by molar-refractivity contribution is 0.0262. The molecule has 0 bridgehead atoms. The Morgan fingerprint density at radius 3 is 2.58 bits per heavy atom. The van der Waals surface area contributed by atoms with Gasteiger partial charge in [-0.1, -0.05) is 6.07 Å². The molecule has 19 heavy (non-hydrogen) atoms. The molecule has 5 nitrogen and oxygen atoms in total. The van der Waals surface area contributed by atoms with Gasteiger partial charge < -0.3 is 14.9 Å². The van der Waals surface area contributed by atoms with E-state index in [1.165, 1.54) is 19.1 Å². The predicted octanol–water partition coefficient (Wildman–Crippen LogP) is 0.805. The minimum absolute atomic E-state index is 0.0377. The van der Waals surface area contributed by atoms with Crippen molar-refractivity contribution in [3.05, 3.63) is 24.3 Å². The summed E-state index contributed by atoms with van der Waals surface area (Å²) in [6.45, 7) is -0.436. The molecule has 1 aromatic carbocycles. The second-order valence-corrected chi connectivity index (χ2v) is 6.01. The van der Waals surface area contributed by atoms with Crippen LogP contribution >= 0.6 is 0 Å². The normalized spacial score (nSPS) is 14.2. The highest BCUT2D eigenvalue weighted by Crippen LogP contribution is 2.30. The van der Waals surface area contributed by atoms with Crippen LogP contribution < -0.4 is 4.74 Å². The number of ether oxygens (including phenoxy) is 1. The first-order valence-corrected chi connectivity index (χ1v) is 6.83. The zero-order valence-electron chi connectivity index (χ0n) is 10.1. The highest BCUT2D eigenvalue weighted by Gasteiger charge is 2.45. The topological polar surface area (TPSA) is 83.8 Å². The average Bonchev–Trinajstić information content (AvgIpc) is 2.36. The van der Waals surface area contributed by atoms with Crippen molar-refractivity contribution in [1.29, 1.82) is 0 Å². The van der Waals surface area contributed by atoms with E-state index in [1.54, 1.807) is 0 Å². The largest absolute Gasteiger partial charge is 0.491 e. The quantitative estimate of drug-likeness (QED) is 0.811. The van der Waals surface area contributed by atoms with E-state index in [9.17, 15) is 17.2 Å². The molecule has 0 radical (unpaired) electrons. The number of aliphatic hydroxyl groups is 2. The Balaban J connectivity index is 3.06. The molecule has 0 aliphatic carbocycles. The Hall–Kier alpha value is -1.25. The second-order valence-electron chi connectivity index (χ2n) is 3.93. The van der Waals surface area contributed by atoms with E-state index >= 15 is 0 Å². The number of rotatable bonds is 6. The van der Waals surface area contributed by atoms with Crippen LogP contribution in [-0.4, -0.2) is 43.2 Å². The Morgan fingerprint density at radius 2 is 2.05 bits per heavy atom. The summed E-state index contributed by atoms with van der Waals surface area (Å²) in [6.07, 6.45) is -0.779. The van der Waals surface area contributed by atoms with Gasteiger partial charge in [0.15, 0.2) is 0 Å². The van der Waals surface area contributed by atoms with Gasteiger partial charge in [0.1, 0.15) is 19.0 Å². The molecule has 1 unspecified atom stereocenters. The maximum Gasteiger partial charge on any atom is 0.372 e. The fourth-order valence-corrected chi connectivity index (χ4v) is 2.25. The van der Waals surface area contributed by atoms with Crippen LogP contribution in [0.5, 0.6) is 5.75 Å². The van der Waals surface area contributed by atoms with Crippen molar-refractivity contribution >= 4 is 9.84 Å². The number of aliphatic hydroxyl groups excluding tert-OH is 2. The third-order valence-corrected chi connectivity index (χ3v) is 3.97. The zero-order chi connectivity index (χ0) is 14.7. The molecule has 0 spiro atoms. The number of hydrogen-bond acceptors (Lipinski definition) is 5. The summed E-state index contributed by atoms with van der Waals surface area (Å²) in [5.41, 5.74) is 0. The van der Waals surface area contributed by atoms with Gasteiger partial charge in [-0.15, -0.1) is 0 Å². The SMILES string of the molecule is CC(O)COc1cccc(S(=O)(=O)C(F)(F)CO)c1. The molecule has 0 fully saturated rings. The van der Waals surface area contributed by atoms with Crippen molar-refractivity contribution in [3.8, 4) is 5.75 Å². The summed E-state index contributed by atoms with van der Waals surface area (Å²) in [5, 5.41) is 13.2. The Labute approximate surface area is 109 Å². The van der Waals surface area contributed by atoms with Crippen LogP contribution in [-0.2, 0) is 9.84 Å². The summed E-state index contributed by atoms with van der Waals surface area (Å²) in [7, 11) is -4.98. The summed E-state index contributed by atoms with van der Waals surface area (Å²) < 4.78 is 54.4. The van der Waals surface area contributed by atoms with Crippen molar-refractivity contribution in [1.82, 2.24) is 0 Å². The maximum atomic E-state index is 13.1. The molecule has 0 amide bonds. The molecule has 0 saturated heterocycles. The summed E-state index contributed by atoms with van der Waals surface area (Å²) in [4.78, 5) is -0.658. The van der Waals surface area contributed by atoms with Crippen LogP contribution in [0.1, 0.15) is 6.92 Å². The first kappa shape index (κ1) is 15.8. The second kappa shape index (κ2) is 5.81. The number of halogens is 2.